The van der Waals surface area contributed by atoms with E-state index in [1.807, 2.05) is 13.8 Å². The van der Waals surface area contributed by atoms with Gasteiger partial charge in [0.05, 0.1) is 6.07 Å². The van der Waals surface area contributed by atoms with Crippen LogP contribution >= 0.6 is 0 Å². The lowest BCUT2D eigenvalue weighted by Gasteiger charge is -2.38. The second kappa shape index (κ2) is 6.52. The van der Waals surface area contributed by atoms with Crippen LogP contribution in [0, 0.1) is 28.1 Å². The number of carbonyl (C=O) groups is 1. The molecule has 0 bridgehead atoms. The van der Waals surface area contributed by atoms with Crippen LogP contribution < -0.4 is 0 Å². The Morgan fingerprint density at radius 2 is 2.00 bits per heavy atom. The van der Waals surface area contributed by atoms with Crippen LogP contribution in [0.1, 0.15) is 59.8 Å². The van der Waals surface area contributed by atoms with Gasteiger partial charge in [-0.05, 0) is 31.6 Å². The minimum atomic E-state index is -0.806. The summed E-state index contributed by atoms with van der Waals surface area (Å²) in [4.78, 5) is 12.5. The third-order valence-corrected chi connectivity index (χ3v) is 4.18. The standard InChI is InChI=1S/C16H27NO2/c1-13(2)6-10-19-11-9-16(12-17)8-5-7-15(3,4)14(16)18/h13H,5-11H2,1-4H3. The van der Waals surface area contributed by atoms with Gasteiger partial charge in [0.2, 0.25) is 0 Å². The summed E-state index contributed by atoms with van der Waals surface area (Å²) >= 11 is 0. The van der Waals surface area contributed by atoms with E-state index in [0.29, 0.717) is 25.4 Å². The van der Waals surface area contributed by atoms with Gasteiger partial charge in [-0.3, -0.25) is 4.79 Å². The molecule has 0 aromatic carbocycles. The van der Waals surface area contributed by atoms with E-state index in [1.54, 1.807) is 0 Å². The molecular weight excluding hydrogens is 238 g/mol. The molecule has 19 heavy (non-hydrogen) atoms. The van der Waals surface area contributed by atoms with Gasteiger partial charge in [0, 0.05) is 18.6 Å². The Bertz CT molecular complexity index is 354. The monoisotopic (exact) mass is 265 g/mol. The number of Topliss-reactive ketones (excluding diaryl/α,β-unsaturated/α-hetero) is 1. The van der Waals surface area contributed by atoms with Gasteiger partial charge in [-0.25, -0.2) is 0 Å². The first kappa shape index (κ1) is 16.2. The predicted molar refractivity (Wildman–Crippen MR) is 75.6 cm³/mol. The van der Waals surface area contributed by atoms with Crippen LogP contribution in [0.2, 0.25) is 0 Å². The Morgan fingerprint density at radius 1 is 1.32 bits per heavy atom. The number of ketones is 1. The number of nitrogens with zero attached hydrogens (tertiary/aromatic N) is 1. The highest BCUT2D eigenvalue weighted by Crippen LogP contribution is 2.44. The van der Waals surface area contributed by atoms with E-state index in [-0.39, 0.29) is 11.2 Å². The van der Waals surface area contributed by atoms with Crippen LogP contribution in [0.25, 0.3) is 0 Å². The van der Waals surface area contributed by atoms with Gasteiger partial charge >= 0.3 is 0 Å². The van der Waals surface area contributed by atoms with Crippen molar-refractivity contribution in [2.24, 2.45) is 16.7 Å². The van der Waals surface area contributed by atoms with Crippen molar-refractivity contribution in [3.8, 4) is 6.07 Å². The zero-order chi connectivity index (χ0) is 14.5. The summed E-state index contributed by atoms with van der Waals surface area (Å²) in [6.45, 7) is 9.47. The average Bonchev–Trinajstić information content (AvgIpc) is 2.34. The summed E-state index contributed by atoms with van der Waals surface area (Å²) in [5, 5.41) is 9.46. The summed E-state index contributed by atoms with van der Waals surface area (Å²) in [5.41, 5.74) is -1.16. The maximum atomic E-state index is 12.5. The largest absolute Gasteiger partial charge is 0.381 e. The third kappa shape index (κ3) is 4.04. The molecule has 1 aliphatic rings. The van der Waals surface area contributed by atoms with Gasteiger partial charge in [-0.1, -0.05) is 34.1 Å². The topological polar surface area (TPSA) is 50.1 Å². The minimum absolute atomic E-state index is 0.112. The molecule has 0 aliphatic heterocycles. The number of hydrogen-bond donors (Lipinski definition) is 0. The second-order valence-corrected chi connectivity index (χ2v) is 6.81. The van der Waals surface area contributed by atoms with Crippen LogP contribution in [-0.4, -0.2) is 19.0 Å². The molecule has 0 saturated heterocycles. The maximum Gasteiger partial charge on any atom is 0.158 e. The quantitative estimate of drug-likeness (QED) is 0.688. The molecule has 1 rings (SSSR count). The van der Waals surface area contributed by atoms with Gasteiger partial charge in [0.25, 0.3) is 0 Å². The molecule has 3 heteroatoms. The molecule has 0 radical (unpaired) electrons. The molecule has 0 spiro atoms. The third-order valence-electron chi connectivity index (χ3n) is 4.18. The normalized spacial score (nSPS) is 26.4. The Kier molecular flexibility index (Phi) is 5.55. The first-order valence-electron chi connectivity index (χ1n) is 7.38. The predicted octanol–water partition coefficient (Wildman–Crippen LogP) is 3.73. The Balaban J connectivity index is 2.52. The van der Waals surface area contributed by atoms with Gasteiger partial charge in [-0.15, -0.1) is 0 Å². The molecule has 0 N–H and O–H groups in total. The molecule has 3 nitrogen and oxygen atoms in total. The van der Waals surface area contributed by atoms with E-state index in [4.69, 9.17) is 4.74 Å². The highest BCUT2D eigenvalue weighted by molar-refractivity contribution is 5.92. The van der Waals surface area contributed by atoms with E-state index in [1.165, 1.54) is 0 Å². The fourth-order valence-electron chi connectivity index (χ4n) is 2.78. The van der Waals surface area contributed by atoms with Crippen molar-refractivity contribution in [2.45, 2.75) is 59.8 Å². The van der Waals surface area contributed by atoms with E-state index >= 15 is 0 Å². The minimum Gasteiger partial charge on any atom is -0.381 e. The van der Waals surface area contributed by atoms with Crippen LogP contribution in [-0.2, 0) is 9.53 Å². The molecule has 1 unspecified atom stereocenters. The molecule has 0 heterocycles. The van der Waals surface area contributed by atoms with E-state index in [0.717, 1.165) is 25.9 Å². The fraction of sp³-hybridized carbons (Fsp3) is 0.875. The number of rotatable bonds is 6. The smallest absolute Gasteiger partial charge is 0.158 e. The van der Waals surface area contributed by atoms with Crippen molar-refractivity contribution in [1.29, 1.82) is 5.26 Å². The van der Waals surface area contributed by atoms with E-state index < -0.39 is 5.41 Å². The highest BCUT2D eigenvalue weighted by atomic mass is 16.5. The van der Waals surface area contributed by atoms with Gasteiger partial charge in [-0.2, -0.15) is 5.26 Å². The van der Waals surface area contributed by atoms with Crippen molar-refractivity contribution in [2.75, 3.05) is 13.2 Å². The Morgan fingerprint density at radius 3 is 2.58 bits per heavy atom. The second-order valence-electron chi connectivity index (χ2n) is 6.81. The molecule has 1 aliphatic carbocycles. The van der Waals surface area contributed by atoms with Gasteiger partial charge in [0.15, 0.2) is 5.78 Å². The Labute approximate surface area is 117 Å². The summed E-state index contributed by atoms with van der Waals surface area (Å²) in [6.07, 6.45) is 4.11. The first-order chi connectivity index (χ1) is 8.84. The zero-order valence-corrected chi connectivity index (χ0v) is 12.8. The SMILES string of the molecule is CC(C)CCOCCC1(C#N)CCCC(C)(C)C1=O. The van der Waals surface area contributed by atoms with Gasteiger partial charge < -0.3 is 4.74 Å². The van der Waals surface area contributed by atoms with Crippen LogP contribution in [0.5, 0.6) is 0 Å². The number of carbonyl (C=O) groups excluding carboxylic acids is 1. The maximum absolute atomic E-state index is 12.5. The van der Waals surface area contributed by atoms with Crippen molar-refractivity contribution < 1.29 is 9.53 Å². The molecular formula is C16H27NO2. The van der Waals surface area contributed by atoms with Crippen molar-refractivity contribution in [1.82, 2.24) is 0 Å². The average molecular weight is 265 g/mol. The number of nitriles is 1. The van der Waals surface area contributed by atoms with Crippen molar-refractivity contribution in [3.63, 3.8) is 0 Å². The number of ether oxygens (including phenoxy) is 1. The van der Waals surface area contributed by atoms with Crippen LogP contribution in [0.3, 0.4) is 0 Å². The van der Waals surface area contributed by atoms with E-state index in [2.05, 4.69) is 19.9 Å². The summed E-state index contributed by atoms with van der Waals surface area (Å²) < 4.78 is 5.59. The summed E-state index contributed by atoms with van der Waals surface area (Å²) in [6, 6.07) is 2.29. The van der Waals surface area contributed by atoms with E-state index in [9.17, 15) is 10.1 Å². The lowest BCUT2D eigenvalue weighted by molar-refractivity contribution is -0.139. The lowest BCUT2D eigenvalue weighted by Crippen LogP contribution is -2.44. The van der Waals surface area contributed by atoms with Crippen LogP contribution in [0.4, 0.5) is 0 Å². The number of hydrogen-bond acceptors (Lipinski definition) is 3. The summed E-state index contributed by atoms with van der Waals surface area (Å²) in [7, 11) is 0. The highest BCUT2D eigenvalue weighted by Gasteiger charge is 2.48. The molecule has 0 aromatic heterocycles. The van der Waals surface area contributed by atoms with Crippen LogP contribution in [0.15, 0.2) is 0 Å². The Hall–Kier alpha value is -0.880. The molecule has 0 aromatic rings. The van der Waals surface area contributed by atoms with Gasteiger partial charge in [0.1, 0.15) is 5.41 Å². The molecule has 1 saturated carbocycles. The molecule has 1 atom stereocenters. The summed E-state index contributed by atoms with van der Waals surface area (Å²) in [5.74, 6) is 0.737. The van der Waals surface area contributed by atoms with Crippen molar-refractivity contribution in [3.05, 3.63) is 0 Å². The molecule has 0 amide bonds. The lowest BCUT2D eigenvalue weighted by atomic mass is 9.62. The van der Waals surface area contributed by atoms with Crippen molar-refractivity contribution >= 4 is 5.78 Å². The fourth-order valence-corrected chi connectivity index (χ4v) is 2.78. The molecule has 1 fully saturated rings. The first-order valence-corrected chi connectivity index (χ1v) is 7.38. The zero-order valence-electron chi connectivity index (χ0n) is 12.8. The molecule has 108 valence electrons.